The van der Waals surface area contributed by atoms with Crippen LogP contribution in [-0.4, -0.2) is 37.1 Å². The van der Waals surface area contributed by atoms with Gasteiger partial charge in [0.25, 0.3) is 0 Å². The Hall–Kier alpha value is -2.92. The van der Waals surface area contributed by atoms with Gasteiger partial charge in [0.1, 0.15) is 0 Å². The second-order valence-electron chi connectivity index (χ2n) is 7.54. The van der Waals surface area contributed by atoms with Crippen LogP contribution in [0.2, 0.25) is 0 Å². The van der Waals surface area contributed by atoms with Gasteiger partial charge in [-0.05, 0) is 37.3 Å². The fourth-order valence-electron chi connectivity index (χ4n) is 3.68. The highest BCUT2D eigenvalue weighted by Crippen LogP contribution is 2.28. The van der Waals surface area contributed by atoms with Crippen LogP contribution in [0.5, 0.6) is 0 Å². The smallest absolute Gasteiger partial charge is 0.330 e. The molecule has 0 saturated heterocycles. The molecule has 5 heteroatoms. The van der Waals surface area contributed by atoms with Gasteiger partial charge in [0.15, 0.2) is 0 Å². The first-order valence-corrected chi connectivity index (χ1v) is 10.7. The number of hydrogen-bond donors (Lipinski definition) is 0. The van der Waals surface area contributed by atoms with Crippen LogP contribution >= 0.6 is 0 Å². The first-order valence-electron chi connectivity index (χ1n) is 10.7. The van der Waals surface area contributed by atoms with E-state index < -0.39 is 0 Å². The highest BCUT2D eigenvalue weighted by molar-refractivity contribution is 5.81. The third kappa shape index (κ3) is 8.38. The highest BCUT2D eigenvalue weighted by atomic mass is 16.5. The van der Waals surface area contributed by atoms with Crippen molar-refractivity contribution in [3.8, 4) is 0 Å². The fourth-order valence-corrected chi connectivity index (χ4v) is 3.68. The molecule has 2 aromatic carbocycles. The van der Waals surface area contributed by atoms with E-state index in [1.807, 2.05) is 42.5 Å². The third-order valence-electron chi connectivity index (χ3n) is 5.45. The van der Waals surface area contributed by atoms with Gasteiger partial charge in [0.2, 0.25) is 0 Å². The third-order valence-corrected chi connectivity index (χ3v) is 5.45. The standard InChI is InChI=1S/C26H33NO4/c1-21(23-15-9-5-10-16-23)27(20-22-13-7-4-8-14-22)24(19-26(29)31-3)17-11-6-12-18-25(28)30-2/h4-5,7-10,12-16,18,21,24H,6,11,17,19-20H2,1-3H3/b18-12+/t21-,24?/m1/s1. The minimum atomic E-state index is -0.352. The normalized spacial score (nSPS) is 13.2. The summed E-state index contributed by atoms with van der Waals surface area (Å²) in [7, 11) is 2.80. The molecule has 0 aliphatic carbocycles. The first kappa shape index (κ1) is 24.4. The van der Waals surface area contributed by atoms with Crippen LogP contribution in [-0.2, 0) is 25.6 Å². The van der Waals surface area contributed by atoms with E-state index >= 15 is 0 Å². The van der Waals surface area contributed by atoms with E-state index in [0.29, 0.717) is 6.42 Å². The Kier molecular flexibility index (Phi) is 10.5. The van der Waals surface area contributed by atoms with Gasteiger partial charge < -0.3 is 9.47 Å². The molecule has 0 bridgehead atoms. The predicted octanol–water partition coefficient (Wildman–Crippen LogP) is 5.08. The monoisotopic (exact) mass is 423 g/mol. The number of hydrogen-bond acceptors (Lipinski definition) is 5. The van der Waals surface area contributed by atoms with Gasteiger partial charge in [-0.3, -0.25) is 9.69 Å². The molecule has 31 heavy (non-hydrogen) atoms. The SMILES string of the molecule is COC(=O)/C=C/CCCC(CC(=O)OC)N(Cc1ccccc1)[C@H](C)c1ccccc1. The van der Waals surface area contributed by atoms with Crippen molar-refractivity contribution in [2.24, 2.45) is 0 Å². The number of benzene rings is 2. The fraction of sp³-hybridized carbons (Fsp3) is 0.385. The minimum Gasteiger partial charge on any atom is -0.469 e. The van der Waals surface area contributed by atoms with Crippen LogP contribution < -0.4 is 0 Å². The maximum Gasteiger partial charge on any atom is 0.330 e. The van der Waals surface area contributed by atoms with Gasteiger partial charge in [-0.1, -0.05) is 66.7 Å². The number of methoxy groups -OCH3 is 2. The maximum atomic E-state index is 12.2. The Morgan fingerprint density at radius 3 is 2.23 bits per heavy atom. The average molecular weight is 424 g/mol. The molecule has 0 radical (unpaired) electrons. The van der Waals surface area contributed by atoms with Crippen LogP contribution in [0.1, 0.15) is 49.8 Å². The van der Waals surface area contributed by atoms with Gasteiger partial charge in [-0.2, -0.15) is 0 Å². The highest BCUT2D eigenvalue weighted by Gasteiger charge is 2.27. The molecule has 0 N–H and O–H groups in total. The zero-order valence-electron chi connectivity index (χ0n) is 18.7. The summed E-state index contributed by atoms with van der Waals surface area (Å²) in [5.41, 5.74) is 2.41. The van der Waals surface area contributed by atoms with E-state index in [1.165, 1.54) is 31.4 Å². The zero-order valence-corrected chi connectivity index (χ0v) is 18.7. The molecule has 0 aliphatic heterocycles. The molecule has 5 nitrogen and oxygen atoms in total. The Labute approximate surface area is 185 Å². The van der Waals surface area contributed by atoms with Gasteiger partial charge in [0, 0.05) is 24.7 Å². The number of carbonyl (C=O) groups is 2. The quantitative estimate of drug-likeness (QED) is 0.271. The van der Waals surface area contributed by atoms with Crippen molar-refractivity contribution in [3.05, 3.63) is 83.9 Å². The molecule has 0 fully saturated rings. The summed E-state index contributed by atoms with van der Waals surface area (Å²) >= 11 is 0. The predicted molar refractivity (Wildman–Crippen MR) is 122 cm³/mol. The van der Waals surface area contributed by atoms with Crippen molar-refractivity contribution >= 4 is 11.9 Å². The number of unbranched alkanes of at least 4 members (excludes halogenated alkanes) is 1. The van der Waals surface area contributed by atoms with E-state index in [0.717, 1.165) is 25.8 Å². The largest absolute Gasteiger partial charge is 0.469 e. The lowest BCUT2D eigenvalue weighted by molar-refractivity contribution is -0.142. The molecule has 0 aromatic heterocycles. The van der Waals surface area contributed by atoms with Crippen molar-refractivity contribution in [2.45, 2.75) is 51.2 Å². The van der Waals surface area contributed by atoms with Crippen molar-refractivity contribution in [1.29, 1.82) is 0 Å². The number of allylic oxidation sites excluding steroid dienone is 1. The second kappa shape index (κ2) is 13.4. The topological polar surface area (TPSA) is 55.8 Å². The van der Waals surface area contributed by atoms with Crippen LogP contribution in [0.15, 0.2) is 72.8 Å². The Balaban J connectivity index is 2.22. The Morgan fingerprint density at radius 2 is 1.61 bits per heavy atom. The van der Waals surface area contributed by atoms with Crippen molar-refractivity contribution in [3.63, 3.8) is 0 Å². The number of ether oxygens (including phenoxy) is 2. The van der Waals surface area contributed by atoms with Gasteiger partial charge in [-0.25, -0.2) is 4.79 Å². The molecule has 0 saturated carbocycles. The molecule has 0 aliphatic rings. The summed E-state index contributed by atoms with van der Waals surface area (Å²) < 4.78 is 9.63. The summed E-state index contributed by atoms with van der Waals surface area (Å²) in [5, 5.41) is 0. The lowest BCUT2D eigenvalue weighted by Gasteiger charge is -2.36. The van der Waals surface area contributed by atoms with Gasteiger partial charge in [-0.15, -0.1) is 0 Å². The summed E-state index contributed by atoms with van der Waals surface area (Å²) in [6, 6.07) is 20.8. The molecule has 2 rings (SSSR count). The molecule has 0 spiro atoms. The molecular formula is C26H33NO4. The lowest BCUT2D eigenvalue weighted by Crippen LogP contribution is -2.38. The Morgan fingerprint density at radius 1 is 0.968 bits per heavy atom. The summed E-state index contributed by atoms with van der Waals surface area (Å²) in [6.07, 6.45) is 5.99. The Bertz CT molecular complexity index is 820. The van der Waals surface area contributed by atoms with Gasteiger partial charge in [0.05, 0.1) is 20.6 Å². The summed E-state index contributed by atoms with van der Waals surface area (Å²) in [4.78, 5) is 25.9. The number of rotatable bonds is 12. The van der Waals surface area contributed by atoms with E-state index in [4.69, 9.17) is 4.74 Å². The van der Waals surface area contributed by atoms with E-state index in [9.17, 15) is 9.59 Å². The number of nitrogens with zero attached hydrogens (tertiary/aromatic N) is 1. The first-order chi connectivity index (χ1) is 15.0. The van der Waals surface area contributed by atoms with Crippen LogP contribution in [0.3, 0.4) is 0 Å². The average Bonchev–Trinajstić information content (AvgIpc) is 2.82. The zero-order chi connectivity index (χ0) is 22.5. The van der Waals surface area contributed by atoms with Gasteiger partial charge >= 0.3 is 11.9 Å². The summed E-state index contributed by atoms with van der Waals surface area (Å²) in [6.45, 7) is 2.91. The minimum absolute atomic E-state index is 0.00869. The van der Waals surface area contributed by atoms with Crippen molar-refractivity contribution in [1.82, 2.24) is 4.90 Å². The molecule has 166 valence electrons. The van der Waals surface area contributed by atoms with E-state index in [-0.39, 0.29) is 24.0 Å². The second-order valence-corrected chi connectivity index (χ2v) is 7.54. The van der Waals surface area contributed by atoms with E-state index in [1.54, 1.807) is 0 Å². The summed E-state index contributed by atoms with van der Waals surface area (Å²) in [5.74, 6) is -0.567. The van der Waals surface area contributed by atoms with E-state index in [2.05, 4.69) is 40.8 Å². The van der Waals surface area contributed by atoms with Crippen molar-refractivity contribution < 1.29 is 19.1 Å². The lowest BCUT2D eigenvalue weighted by atomic mass is 9.98. The van der Waals surface area contributed by atoms with Crippen LogP contribution in [0.25, 0.3) is 0 Å². The molecule has 2 aromatic rings. The molecule has 1 unspecified atom stereocenters. The molecular weight excluding hydrogens is 390 g/mol. The molecule has 0 amide bonds. The van der Waals surface area contributed by atoms with Crippen LogP contribution in [0, 0.1) is 0 Å². The molecule has 0 heterocycles. The molecule has 2 atom stereocenters. The number of carbonyl (C=O) groups excluding carboxylic acids is 2. The number of esters is 2. The van der Waals surface area contributed by atoms with Crippen LogP contribution in [0.4, 0.5) is 0 Å². The maximum absolute atomic E-state index is 12.2. The van der Waals surface area contributed by atoms with Crippen molar-refractivity contribution in [2.75, 3.05) is 14.2 Å².